The average Bonchev–Trinajstić information content (AvgIpc) is 2.59. The van der Waals surface area contributed by atoms with Crippen LogP contribution in [0, 0.1) is 11.3 Å². The maximum Gasteiger partial charge on any atom is 0.229 e. The monoisotopic (exact) mass is 355 g/mol. The number of nitriles is 1. The minimum absolute atomic E-state index is 0.376. The largest absolute Gasteiger partial charge is 0.340 e. The summed E-state index contributed by atoms with van der Waals surface area (Å²) in [6.07, 6.45) is 1.62. The molecule has 0 amide bonds. The zero-order chi connectivity index (χ0) is 16.9. The molecule has 3 rings (SSSR count). The molecule has 0 saturated carbocycles. The van der Waals surface area contributed by atoms with Gasteiger partial charge in [0.2, 0.25) is 5.95 Å². The van der Waals surface area contributed by atoms with Gasteiger partial charge < -0.3 is 10.6 Å². The molecule has 0 fully saturated rings. The third-order valence-corrected chi connectivity index (χ3v) is 3.94. The number of hydrogen-bond donors (Lipinski definition) is 2. The van der Waals surface area contributed by atoms with Crippen LogP contribution in [0.3, 0.4) is 0 Å². The fourth-order valence-corrected chi connectivity index (χ4v) is 2.37. The summed E-state index contributed by atoms with van der Waals surface area (Å²) < 4.78 is 0. The van der Waals surface area contributed by atoms with Gasteiger partial charge in [-0.2, -0.15) is 10.2 Å². The van der Waals surface area contributed by atoms with E-state index in [-0.39, 0.29) is 0 Å². The molecule has 0 atom stereocenters. The van der Waals surface area contributed by atoms with E-state index in [9.17, 15) is 0 Å². The molecule has 0 unspecified atom stereocenters. The van der Waals surface area contributed by atoms with Gasteiger partial charge in [-0.1, -0.05) is 35.3 Å². The van der Waals surface area contributed by atoms with E-state index in [1.54, 1.807) is 48.7 Å². The summed E-state index contributed by atoms with van der Waals surface area (Å²) in [7, 11) is 0. The van der Waals surface area contributed by atoms with Crippen LogP contribution in [0.4, 0.5) is 23.1 Å². The molecule has 7 heteroatoms. The van der Waals surface area contributed by atoms with Gasteiger partial charge in [0.05, 0.1) is 27.4 Å². The number of anilines is 4. The molecule has 0 spiro atoms. The van der Waals surface area contributed by atoms with E-state index >= 15 is 0 Å². The van der Waals surface area contributed by atoms with E-state index in [2.05, 4.69) is 26.7 Å². The van der Waals surface area contributed by atoms with E-state index in [0.29, 0.717) is 33.1 Å². The van der Waals surface area contributed by atoms with Crippen molar-refractivity contribution in [2.24, 2.45) is 0 Å². The number of rotatable bonds is 4. The van der Waals surface area contributed by atoms with Gasteiger partial charge in [0.25, 0.3) is 0 Å². The molecule has 3 aromatic rings. The Balaban J connectivity index is 1.81. The van der Waals surface area contributed by atoms with Crippen LogP contribution in [0.2, 0.25) is 10.0 Å². The van der Waals surface area contributed by atoms with Crippen molar-refractivity contribution in [3.05, 3.63) is 70.3 Å². The normalized spacial score (nSPS) is 10.0. The molecule has 118 valence electrons. The Morgan fingerprint density at radius 3 is 2.67 bits per heavy atom. The predicted molar refractivity (Wildman–Crippen MR) is 96.2 cm³/mol. The van der Waals surface area contributed by atoms with Crippen molar-refractivity contribution in [3.8, 4) is 6.07 Å². The first-order valence-electron chi connectivity index (χ1n) is 6.97. The highest BCUT2D eigenvalue weighted by Crippen LogP contribution is 2.31. The Labute approximate surface area is 148 Å². The summed E-state index contributed by atoms with van der Waals surface area (Å²) in [5.41, 5.74) is 1.95. The van der Waals surface area contributed by atoms with Crippen molar-refractivity contribution in [2.75, 3.05) is 10.6 Å². The third-order valence-electron chi connectivity index (χ3n) is 3.12. The molecular weight excluding hydrogens is 345 g/mol. The summed E-state index contributed by atoms with van der Waals surface area (Å²) in [4.78, 5) is 8.54. The first-order chi connectivity index (χ1) is 11.7. The lowest BCUT2D eigenvalue weighted by atomic mass is 10.2. The number of nitrogens with one attached hydrogen (secondary N) is 2. The summed E-state index contributed by atoms with van der Waals surface area (Å²) in [5.74, 6) is 0.960. The standard InChI is InChI=1S/C17H11Cl2N5/c18-13-5-2-6-14(16(13)19)23-17-21-8-7-15(24-17)22-12-4-1-3-11(9-12)10-20/h1-9H,(H2,21,22,23,24). The fourth-order valence-electron chi connectivity index (χ4n) is 2.02. The second-order valence-electron chi connectivity index (χ2n) is 4.81. The minimum Gasteiger partial charge on any atom is -0.340 e. The fraction of sp³-hybridized carbons (Fsp3) is 0. The van der Waals surface area contributed by atoms with Crippen molar-refractivity contribution in [1.29, 1.82) is 5.26 Å². The maximum absolute atomic E-state index is 8.95. The highest BCUT2D eigenvalue weighted by molar-refractivity contribution is 6.43. The number of nitrogens with zero attached hydrogens (tertiary/aromatic N) is 3. The Morgan fingerprint density at radius 1 is 1.00 bits per heavy atom. The number of benzene rings is 2. The molecular formula is C17H11Cl2N5. The van der Waals surface area contributed by atoms with Crippen molar-refractivity contribution in [2.45, 2.75) is 0 Å². The van der Waals surface area contributed by atoms with Gasteiger partial charge in [0, 0.05) is 11.9 Å². The van der Waals surface area contributed by atoms with Gasteiger partial charge in [-0.25, -0.2) is 4.98 Å². The highest BCUT2D eigenvalue weighted by atomic mass is 35.5. The van der Waals surface area contributed by atoms with Gasteiger partial charge in [-0.15, -0.1) is 0 Å². The lowest BCUT2D eigenvalue weighted by molar-refractivity contribution is 1.17. The third kappa shape index (κ3) is 3.74. The molecule has 0 saturated heterocycles. The van der Waals surface area contributed by atoms with Crippen LogP contribution in [0.5, 0.6) is 0 Å². The van der Waals surface area contributed by atoms with Crippen LogP contribution in [-0.2, 0) is 0 Å². The molecule has 2 N–H and O–H groups in total. The van der Waals surface area contributed by atoms with Crippen molar-refractivity contribution < 1.29 is 0 Å². The minimum atomic E-state index is 0.376. The first kappa shape index (κ1) is 16.1. The molecule has 0 aliphatic rings. The Bertz CT molecular complexity index is 921. The first-order valence-corrected chi connectivity index (χ1v) is 7.72. The molecule has 0 bridgehead atoms. The van der Waals surface area contributed by atoms with Gasteiger partial charge >= 0.3 is 0 Å². The lowest BCUT2D eigenvalue weighted by Crippen LogP contribution is -2.01. The molecule has 5 nitrogen and oxygen atoms in total. The second-order valence-corrected chi connectivity index (χ2v) is 5.59. The van der Waals surface area contributed by atoms with Gasteiger partial charge in [-0.3, -0.25) is 0 Å². The Hall–Kier alpha value is -2.81. The van der Waals surface area contributed by atoms with E-state index in [1.165, 1.54) is 0 Å². The quantitative estimate of drug-likeness (QED) is 0.677. The van der Waals surface area contributed by atoms with E-state index < -0.39 is 0 Å². The van der Waals surface area contributed by atoms with Crippen LogP contribution in [-0.4, -0.2) is 9.97 Å². The number of hydrogen-bond acceptors (Lipinski definition) is 5. The van der Waals surface area contributed by atoms with Gasteiger partial charge in [0.15, 0.2) is 0 Å². The van der Waals surface area contributed by atoms with Crippen LogP contribution in [0.25, 0.3) is 0 Å². The second kappa shape index (κ2) is 7.18. The van der Waals surface area contributed by atoms with Crippen LogP contribution in [0.15, 0.2) is 54.7 Å². The smallest absolute Gasteiger partial charge is 0.229 e. The SMILES string of the molecule is N#Cc1cccc(Nc2ccnc(Nc3cccc(Cl)c3Cl)n2)c1. The zero-order valence-electron chi connectivity index (χ0n) is 12.3. The average molecular weight is 356 g/mol. The maximum atomic E-state index is 8.95. The Kier molecular flexibility index (Phi) is 4.80. The Morgan fingerprint density at radius 2 is 1.83 bits per heavy atom. The van der Waals surface area contributed by atoms with E-state index in [1.807, 2.05) is 6.07 Å². The lowest BCUT2D eigenvalue weighted by Gasteiger charge is -2.10. The molecule has 1 heterocycles. The van der Waals surface area contributed by atoms with Crippen LogP contribution >= 0.6 is 23.2 Å². The summed E-state index contributed by atoms with van der Waals surface area (Å²) in [6.45, 7) is 0. The zero-order valence-corrected chi connectivity index (χ0v) is 13.8. The molecule has 0 aliphatic heterocycles. The molecule has 24 heavy (non-hydrogen) atoms. The van der Waals surface area contributed by atoms with E-state index in [0.717, 1.165) is 5.69 Å². The highest BCUT2D eigenvalue weighted by Gasteiger charge is 2.07. The number of halogens is 2. The topological polar surface area (TPSA) is 73.6 Å². The summed E-state index contributed by atoms with van der Waals surface area (Å²) in [5, 5.41) is 16.0. The molecule has 0 radical (unpaired) electrons. The predicted octanol–water partition coefficient (Wildman–Crippen LogP) is 5.14. The van der Waals surface area contributed by atoms with Crippen LogP contribution in [0.1, 0.15) is 5.56 Å². The van der Waals surface area contributed by atoms with Crippen molar-refractivity contribution in [3.63, 3.8) is 0 Å². The van der Waals surface area contributed by atoms with Gasteiger partial charge in [-0.05, 0) is 36.4 Å². The van der Waals surface area contributed by atoms with Crippen molar-refractivity contribution >= 4 is 46.3 Å². The molecule has 0 aliphatic carbocycles. The van der Waals surface area contributed by atoms with Crippen molar-refractivity contribution in [1.82, 2.24) is 9.97 Å². The summed E-state index contributed by atoms with van der Waals surface area (Å²) >= 11 is 12.1. The van der Waals surface area contributed by atoms with Crippen LogP contribution < -0.4 is 10.6 Å². The summed E-state index contributed by atoms with van der Waals surface area (Å²) in [6, 6.07) is 16.2. The molecule has 2 aromatic carbocycles. The van der Waals surface area contributed by atoms with Gasteiger partial charge in [0.1, 0.15) is 5.82 Å². The van der Waals surface area contributed by atoms with E-state index in [4.69, 9.17) is 28.5 Å². The number of aromatic nitrogens is 2. The molecule has 1 aromatic heterocycles.